The van der Waals surface area contributed by atoms with Crippen LogP contribution in [0.5, 0.6) is 0 Å². The average Bonchev–Trinajstić information content (AvgIpc) is 2.49. The monoisotopic (exact) mass is 287 g/mol. The van der Waals surface area contributed by atoms with Gasteiger partial charge in [-0.05, 0) is 28.1 Å². The summed E-state index contributed by atoms with van der Waals surface area (Å²) in [5.74, 6) is 0.497. The molecule has 86 valence electrons. The summed E-state index contributed by atoms with van der Waals surface area (Å²) in [6, 6.07) is 3.26. The number of furan rings is 1. The molecule has 0 amide bonds. The fraction of sp³-hybridized carbons (Fsp3) is 0.500. The lowest BCUT2D eigenvalue weighted by atomic mass is 10.3. The van der Waals surface area contributed by atoms with Gasteiger partial charge in [-0.2, -0.15) is 13.2 Å². The number of aliphatic hydroxyl groups excluding tert-OH is 1. The van der Waals surface area contributed by atoms with E-state index in [-0.39, 0.29) is 6.54 Å². The van der Waals surface area contributed by atoms with Gasteiger partial charge in [0, 0.05) is 6.54 Å². The SMILES string of the molecule is OC(CNCc1ccc(Br)o1)C(F)(F)F. The van der Waals surface area contributed by atoms with Crippen LogP contribution in [0.25, 0.3) is 0 Å². The first-order valence-corrected chi connectivity index (χ1v) is 4.88. The Balaban J connectivity index is 2.28. The number of rotatable bonds is 4. The molecule has 0 saturated carbocycles. The molecule has 0 radical (unpaired) electrons. The van der Waals surface area contributed by atoms with Gasteiger partial charge < -0.3 is 14.8 Å². The minimum Gasteiger partial charge on any atom is -0.453 e. The molecule has 1 heterocycles. The van der Waals surface area contributed by atoms with E-state index in [2.05, 4.69) is 21.2 Å². The lowest BCUT2D eigenvalue weighted by Gasteiger charge is -2.14. The zero-order valence-corrected chi connectivity index (χ0v) is 9.10. The Hall–Kier alpha value is -0.530. The molecule has 0 aliphatic heterocycles. The normalized spacial score (nSPS) is 14.2. The highest BCUT2D eigenvalue weighted by Gasteiger charge is 2.37. The first kappa shape index (κ1) is 12.5. The van der Waals surface area contributed by atoms with E-state index in [1.165, 1.54) is 0 Å². The van der Waals surface area contributed by atoms with E-state index in [1.807, 2.05) is 0 Å². The van der Waals surface area contributed by atoms with Gasteiger partial charge in [-0.1, -0.05) is 0 Å². The van der Waals surface area contributed by atoms with Gasteiger partial charge in [-0.3, -0.25) is 0 Å². The van der Waals surface area contributed by atoms with Gasteiger partial charge >= 0.3 is 6.18 Å². The summed E-state index contributed by atoms with van der Waals surface area (Å²) in [7, 11) is 0. The molecular formula is C8H9BrF3NO2. The fourth-order valence-electron chi connectivity index (χ4n) is 0.895. The third-order valence-corrected chi connectivity index (χ3v) is 2.07. The predicted molar refractivity (Wildman–Crippen MR) is 50.2 cm³/mol. The quantitative estimate of drug-likeness (QED) is 0.891. The molecule has 1 aromatic rings. The van der Waals surface area contributed by atoms with Crippen molar-refractivity contribution in [2.24, 2.45) is 0 Å². The van der Waals surface area contributed by atoms with Crippen molar-refractivity contribution in [1.82, 2.24) is 5.32 Å². The molecule has 3 nitrogen and oxygen atoms in total. The van der Waals surface area contributed by atoms with Gasteiger partial charge in [0.1, 0.15) is 5.76 Å². The molecular weight excluding hydrogens is 279 g/mol. The summed E-state index contributed by atoms with van der Waals surface area (Å²) in [5.41, 5.74) is 0. The maximum Gasteiger partial charge on any atom is 0.415 e. The van der Waals surface area contributed by atoms with Gasteiger partial charge in [-0.25, -0.2) is 0 Å². The Morgan fingerprint density at radius 1 is 1.47 bits per heavy atom. The molecule has 1 atom stereocenters. The Morgan fingerprint density at radius 3 is 2.60 bits per heavy atom. The molecule has 0 fully saturated rings. The summed E-state index contributed by atoms with van der Waals surface area (Å²) in [6.45, 7) is -0.416. The molecule has 0 aliphatic rings. The maximum atomic E-state index is 11.9. The molecule has 0 spiro atoms. The minimum absolute atomic E-state index is 0.138. The highest BCUT2D eigenvalue weighted by molar-refractivity contribution is 9.10. The second kappa shape index (κ2) is 5.00. The van der Waals surface area contributed by atoms with E-state index in [1.54, 1.807) is 12.1 Å². The zero-order chi connectivity index (χ0) is 11.5. The van der Waals surface area contributed by atoms with Gasteiger partial charge in [0.2, 0.25) is 0 Å². The molecule has 0 aromatic carbocycles. The van der Waals surface area contributed by atoms with E-state index in [9.17, 15) is 13.2 Å². The van der Waals surface area contributed by atoms with Gasteiger partial charge in [0.05, 0.1) is 6.54 Å². The van der Waals surface area contributed by atoms with Crippen LogP contribution in [0.4, 0.5) is 13.2 Å². The summed E-state index contributed by atoms with van der Waals surface area (Å²) in [4.78, 5) is 0. The van der Waals surface area contributed by atoms with Crippen molar-refractivity contribution in [3.8, 4) is 0 Å². The molecule has 0 saturated heterocycles. The van der Waals surface area contributed by atoms with Crippen molar-refractivity contribution in [2.45, 2.75) is 18.8 Å². The fourth-order valence-corrected chi connectivity index (χ4v) is 1.23. The number of nitrogens with one attached hydrogen (secondary N) is 1. The van der Waals surface area contributed by atoms with E-state index < -0.39 is 18.8 Å². The lowest BCUT2D eigenvalue weighted by Crippen LogP contribution is -2.38. The molecule has 0 aliphatic carbocycles. The molecule has 1 unspecified atom stereocenters. The molecule has 1 rings (SSSR count). The number of hydrogen-bond donors (Lipinski definition) is 2. The largest absolute Gasteiger partial charge is 0.453 e. The number of aliphatic hydroxyl groups is 1. The van der Waals surface area contributed by atoms with Crippen molar-refractivity contribution >= 4 is 15.9 Å². The van der Waals surface area contributed by atoms with Crippen molar-refractivity contribution in [1.29, 1.82) is 0 Å². The van der Waals surface area contributed by atoms with Crippen LogP contribution < -0.4 is 5.32 Å². The van der Waals surface area contributed by atoms with Gasteiger partial charge in [-0.15, -0.1) is 0 Å². The van der Waals surface area contributed by atoms with Crippen molar-refractivity contribution in [2.75, 3.05) is 6.54 Å². The first-order valence-electron chi connectivity index (χ1n) is 4.09. The minimum atomic E-state index is -4.59. The standard InChI is InChI=1S/C8H9BrF3NO2/c9-7-2-1-5(15-7)3-13-4-6(14)8(10,11)12/h1-2,6,13-14H,3-4H2. The second-order valence-corrected chi connectivity index (χ2v) is 3.68. The molecule has 2 N–H and O–H groups in total. The van der Waals surface area contributed by atoms with Crippen LogP contribution in [0.1, 0.15) is 5.76 Å². The summed E-state index contributed by atoms with van der Waals surface area (Å²) in [5, 5.41) is 11.1. The maximum absolute atomic E-state index is 11.9. The van der Waals surface area contributed by atoms with Crippen LogP contribution in [-0.4, -0.2) is 23.9 Å². The Kier molecular flexibility index (Phi) is 4.18. The summed E-state index contributed by atoms with van der Waals surface area (Å²) in [6.07, 6.45) is -6.94. The number of halogens is 4. The van der Waals surface area contributed by atoms with Crippen LogP contribution in [0.15, 0.2) is 21.2 Å². The Labute approximate surface area is 92.4 Å². The molecule has 1 aromatic heterocycles. The first-order chi connectivity index (χ1) is 6.89. The number of alkyl halides is 3. The van der Waals surface area contributed by atoms with Crippen LogP contribution in [-0.2, 0) is 6.54 Å². The lowest BCUT2D eigenvalue weighted by molar-refractivity contribution is -0.201. The Bertz CT molecular complexity index is 313. The average molecular weight is 288 g/mol. The van der Waals surface area contributed by atoms with E-state index in [0.717, 1.165) is 0 Å². The number of hydrogen-bond acceptors (Lipinski definition) is 3. The zero-order valence-electron chi connectivity index (χ0n) is 7.51. The van der Waals surface area contributed by atoms with Crippen LogP contribution in [0, 0.1) is 0 Å². The van der Waals surface area contributed by atoms with Crippen molar-refractivity contribution in [3.05, 3.63) is 22.6 Å². The smallest absolute Gasteiger partial charge is 0.415 e. The van der Waals surface area contributed by atoms with Gasteiger partial charge in [0.15, 0.2) is 10.8 Å². The highest BCUT2D eigenvalue weighted by atomic mass is 79.9. The van der Waals surface area contributed by atoms with Gasteiger partial charge in [0.25, 0.3) is 0 Å². The van der Waals surface area contributed by atoms with Crippen molar-refractivity contribution < 1.29 is 22.7 Å². The Morgan fingerprint density at radius 2 is 2.13 bits per heavy atom. The van der Waals surface area contributed by atoms with Crippen LogP contribution in [0.3, 0.4) is 0 Å². The molecule has 0 bridgehead atoms. The predicted octanol–water partition coefficient (Wildman–Crippen LogP) is 2.05. The van der Waals surface area contributed by atoms with E-state index in [4.69, 9.17) is 9.52 Å². The summed E-state index contributed by atoms with van der Waals surface area (Å²) >= 11 is 3.06. The van der Waals surface area contributed by atoms with Crippen LogP contribution >= 0.6 is 15.9 Å². The summed E-state index contributed by atoms with van der Waals surface area (Å²) < 4.78 is 41.1. The third kappa shape index (κ3) is 4.23. The molecule has 7 heteroatoms. The second-order valence-electron chi connectivity index (χ2n) is 2.89. The van der Waals surface area contributed by atoms with Crippen molar-refractivity contribution in [3.63, 3.8) is 0 Å². The van der Waals surface area contributed by atoms with E-state index in [0.29, 0.717) is 10.4 Å². The third-order valence-electron chi connectivity index (χ3n) is 1.64. The topological polar surface area (TPSA) is 45.4 Å². The van der Waals surface area contributed by atoms with E-state index >= 15 is 0 Å². The highest BCUT2D eigenvalue weighted by Crippen LogP contribution is 2.19. The van der Waals surface area contributed by atoms with Crippen LogP contribution in [0.2, 0.25) is 0 Å². The molecule has 15 heavy (non-hydrogen) atoms.